The van der Waals surface area contributed by atoms with E-state index in [0.717, 1.165) is 19.3 Å². The highest BCUT2D eigenvalue weighted by Gasteiger charge is 2.29. The summed E-state index contributed by atoms with van der Waals surface area (Å²) in [6.45, 7) is 5.08. The van der Waals surface area contributed by atoms with Gasteiger partial charge in [-0.25, -0.2) is 0 Å². The van der Waals surface area contributed by atoms with Crippen LogP contribution in [0.15, 0.2) is 0 Å². The van der Waals surface area contributed by atoms with Gasteiger partial charge in [0.15, 0.2) is 0 Å². The van der Waals surface area contributed by atoms with Crippen LogP contribution >= 0.6 is 0 Å². The monoisotopic (exact) mass is 526 g/mol. The third kappa shape index (κ3) is 17.8. The van der Waals surface area contributed by atoms with Crippen molar-refractivity contribution in [2.24, 2.45) is 5.92 Å². The van der Waals surface area contributed by atoms with Crippen LogP contribution in [0.25, 0.3) is 0 Å². The molecule has 0 spiro atoms. The lowest BCUT2D eigenvalue weighted by Gasteiger charge is -2.25. The van der Waals surface area contributed by atoms with Gasteiger partial charge in [0.05, 0.1) is 13.2 Å². The zero-order valence-corrected chi connectivity index (χ0v) is 23.8. The van der Waals surface area contributed by atoms with E-state index in [4.69, 9.17) is 0 Å². The van der Waals surface area contributed by atoms with Crippen molar-refractivity contribution in [3.8, 4) is 0 Å². The number of amides is 4. The maximum atomic E-state index is 12.5. The molecule has 0 aliphatic heterocycles. The molecule has 0 saturated carbocycles. The summed E-state index contributed by atoms with van der Waals surface area (Å²) in [7, 11) is 1.48. The number of hydrogen-bond donors (Lipinski definition) is 5. The van der Waals surface area contributed by atoms with Gasteiger partial charge in [-0.1, -0.05) is 104 Å². The van der Waals surface area contributed by atoms with Crippen LogP contribution in [0, 0.1) is 5.92 Å². The Morgan fingerprint density at radius 1 is 0.703 bits per heavy atom. The molecule has 0 aromatic heterocycles. The molecule has 4 amide bonds. The number of rotatable bonds is 23. The van der Waals surface area contributed by atoms with Gasteiger partial charge in [-0.05, 0) is 12.3 Å². The van der Waals surface area contributed by atoms with Crippen LogP contribution in [-0.4, -0.2) is 61.0 Å². The Hall–Kier alpha value is -2.16. The molecule has 9 nitrogen and oxygen atoms in total. The van der Waals surface area contributed by atoms with Gasteiger partial charge in [-0.2, -0.15) is 0 Å². The quantitative estimate of drug-likeness (QED) is 0.130. The first-order valence-electron chi connectivity index (χ1n) is 14.5. The van der Waals surface area contributed by atoms with Crippen molar-refractivity contribution in [1.82, 2.24) is 21.3 Å². The smallest absolute Gasteiger partial charge is 0.245 e. The average molecular weight is 527 g/mol. The van der Waals surface area contributed by atoms with Gasteiger partial charge in [0.25, 0.3) is 0 Å². The molecule has 3 atom stereocenters. The zero-order chi connectivity index (χ0) is 27.9. The zero-order valence-electron chi connectivity index (χ0n) is 23.8. The Bertz CT molecular complexity index is 644. The number of aliphatic hydroxyl groups is 1. The maximum absolute atomic E-state index is 12.5. The van der Waals surface area contributed by atoms with Gasteiger partial charge >= 0.3 is 0 Å². The Morgan fingerprint density at radius 2 is 1.22 bits per heavy atom. The molecule has 0 aromatic rings. The predicted molar refractivity (Wildman–Crippen MR) is 148 cm³/mol. The highest BCUT2D eigenvalue weighted by molar-refractivity contribution is 5.93. The Morgan fingerprint density at radius 3 is 1.68 bits per heavy atom. The Balaban J connectivity index is 4.01. The second kappa shape index (κ2) is 23.0. The van der Waals surface area contributed by atoms with Crippen molar-refractivity contribution in [2.75, 3.05) is 20.2 Å². The average Bonchev–Trinajstić information content (AvgIpc) is 2.90. The number of carbonyl (C=O) groups is 4. The summed E-state index contributed by atoms with van der Waals surface area (Å²) in [5.41, 5.74) is 0. The molecule has 0 fully saturated rings. The van der Waals surface area contributed by atoms with Crippen LogP contribution in [0.3, 0.4) is 0 Å². The summed E-state index contributed by atoms with van der Waals surface area (Å²) in [5.74, 6) is -1.90. The molecule has 0 rings (SSSR count). The molecule has 9 heteroatoms. The minimum Gasteiger partial charge on any atom is -0.394 e. The number of hydrogen-bond acceptors (Lipinski definition) is 5. The molecule has 0 aromatic carbocycles. The summed E-state index contributed by atoms with van der Waals surface area (Å²) < 4.78 is 0. The molecule has 5 N–H and O–H groups in total. The van der Waals surface area contributed by atoms with E-state index in [0.29, 0.717) is 12.8 Å². The van der Waals surface area contributed by atoms with E-state index < -0.39 is 30.5 Å². The van der Waals surface area contributed by atoms with Crippen molar-refractivity contribution in [3.63, 3.8) is 0 Å². The molecule has 37 heavy (non-hydrogen) atoms. The predicted octanol–water partition coefficient (Wildman–Crippen LogP) is 3.34. The van der Waals surface area contributed by atoms with Gasteiger partial charge in [-0.3, -0.25) is 19.2 Å². The molecule has 0 bridgehead atoms. The van der Waals surface area contributed by atoms with Crippen molar-refractivity contribution >= 4 is 23.6 Å². The lowest BCUT2D eigenvalue weighted by atomic mass is 9.98. The number of nitrogens with one attached hydrogen (secondary N) is 4. The molecule has 0 heterocycles. The van der Waals surface area contributed by atoms with E-state index in [-0.39, 0.29) is 24.3 Å². The Kier molecular flexibility index (Phi) is 21.7. The minimum atomic E-state index is -1.21. The topological polar surface area (TPSA) is 137 Å². The van der Waals surface area contributed by atoms with E-state index in [1.807, 2.05) is 13.8 Å². The van der Waals surface area contributed by atoms with Crippen molar-refractivity contribution in [1.29, 1.82) is 0 Å². The van der Waals surface area contributed by atoms with Crippen LogP contribution in [-0.2, 0) is 19.2 Å². The fraction of sp³-hybridized carbons (Fsp3) is 0.857. The molecule has 0 unspecified atom stereocenters. The second-order valence-corrected chi connectivity index (χ2v) is 10.1. The summed E-state index contributed by atoms with van der Waals surface area (Å²) in [5, 5.41) is 19.6. The largest absolute Gasteiger partial charge is 0.394 e. The van der Waals surface area contributed by atoms with Gasteiger partial charge in [-0.15, -0.1) is 0 Å². The van der Waals surface area contributed by atoms with E-state index >= 15 is 0 Å². The van der Waals surface area contributed by atoms with Gasteiger partial charge in [0, 0.05) is 13.5 Å². The van der Waals surface area contributed by atoms with Crippen LogP contribution in [0.1, 0.15) is 117 Å². The number of aliphatic hydroxyl groups excluding tert-OH is 1. The summed E-state index contributed by atoms with van der Waals surface area (Å²) >= 11 is 0. The lowest BCUT2D eigenvalue weighted by Crippen LogP contribution is -2.57. The Labute approximate surface area is 224 Å². The number of likely N-dealkylation sites (N-methyl/N-ethyl adjacent to an activating group) is 1. The van der Waals surface area contributed by atoms with Gasteiger partial charge in [0.2, 0.25) is 23.6 Å². The summed E-state index contributed by atoms with van der Waals surface area (Å²) in [6.07, 6.45) is 17.1. The SMILES string of the molecule is CCCCCCCCCCCCCCCC(=O)NCC(=O)N[C@@H](CO)C(=O)N[C@H](C(=O)NC)[C@@H](C)CC. The van der Waals surface area contributed by atoms with Crippen LogP contribution < -0.4 is 21.3 Å². The van der Waals surface area contributed by atoms with Crippen LogP contribution in [0.4, 0.5) is 0 Å². The molecule has 0 saturated heterocycles. The highest BCUT2D eigenvalue weighted by Crippen LogP contribution is 2.13. The first-order valence-corrected chi connectivity index (χ1v) is 14.5. The molecule has 216 valence electrons. The third-order valence-electron chi connectivity index (χ3n) is 6.83. The molecule has 0 aliphatic rings. The van der Waals surface area contributed by atoms with Gasteiger partial charge < -0.3 is 26.4 Å². The van der Waals surface area contributed by atoms with Crippen molar-refractivity contribution in [2.45, 2.75) is 129 Å². The molecule has 0 radical (unpaired) electrons. The van der Waals surface area contributed by atoms with E-state index in [2.05, 4.69) is 28.2 Å². The van der Waals surface area contributed by atoms with Crippen molar-refractivity contribution in [3.05, 3.63) is 0 Å². The fourth-order valence-electron chi connectivity index (χ4n) is 4.12. The number of unbranched alkanes of at least 4 members (excludes halogenated alkanes) is 12. The van der Waals surface area contributed by atoms with E-state index in [1.54, 1.807) is 0 Å². The van der Waals surface area contributed by atoms with Gasteiger partial charge in [0.1, 0.15) is 12.1 Å². The van der Waals surface area contributed by atoms with E-state index in [9.17, 15) is 24.3 Å². The summed E-state index contributed by atoms with van der Waals surface area (Å²) in [4.78, 5) is 48.8. The second-order valence-electron chi connectivity index (χ2n) is 10.1. The summed E-state index contributed by atoms with van der Waals surface area (Å²) in [6, 6.07) is -1.98. The third-order valence-corrected chi connectivity index (χ3v) is 6.83. The van der Waals surface area contributed by atoms with Crippen molar-refractivity contribution < 1.29 is 24.3 Å². The highest BCUT2D eigenvalue weighted by atomic mass is 16.3. The fourth-order valence-corrected chi connectivity index (χ4v) is 4.12. The molecular formula is C28H54N4O5. The minimum absolute atomic E-state index is 0.122. The normalized spacial score (nSPS) is 13.3. The lowest BCUT2D eigenvalue weighted by molar-refractivity contribution is -0.133. The molecular weight excluding hydrogens is 472 g/mol. The standard InChI is InChI=1S/C28H54N4O5/c1-5-7-8-9-10-11-12-13-14-15-16-17-18-19-24(34)30-20-25(35)31-23(21-33)27(36)32-26(22(3)6-2)28(37)29-4/h22-23,26,33H,5-21H2,1-4H3,(H,29,37)(H,30,34)(H,31,35)(H,32,36)/t22-,23-,26-/m0/s1. The van der Waals surface area contributed by atoms with E-state index in [1.165, 1.54) is 71.3 Å². The molecule has 0 aliphatic carbocycles. The van der Waals surface area contributed by atoms with Crippen LogP contribution in [0.2, 0.25) is 0 Å². The van der Waals surface area contributed by atoms with Crippen LogP contribution in [0.5, 0.6) is 0 Å². The maximum Gasteiger partial charge on any atom is 0.245 e. The number of carbonyl (C=O) groups excluding carboxylic acids is 4. The first kappa shape index (κ1) is 34.8. The first-order chi connectivity index (χ1) is 17.8.